The van der Waals surface area contributed by atoms with Gasteiger partial charge in [-0.2, -0.15) is 0 Å². The molecule has 0 atom stereocenters. The van der Waals surface area contributed by atoms with E-state index in [0.717, 1.165) is 0 Å². The van der Waals surface area contributed by atoms with Gasteiger partial charge >= 0.3 is 0 Å². The minimum atomic E-state index is -0.236. The van der Waals surface area contributed by atoms with Gasteiger partial charge in [-0.15, -0.1) is 0 Å². The van der Waals surface area contributed by atoms with Gasteiger partial charge in [-0.05, 0) is 34.7 Å². The zero-order chi connectivity index (χ0) is 7.56. The Morgan fingerprint density at radius 3 is 2.70 bits per heavy atom. The molecule has 0 N–H and O–H groups in total. The van der Waals surface area contributed by atoms with Crippen LogP contribution in [0.5, 0.6) is 5.75 Å². The third-order valence-corrected chi connectivity index (χ3v) is 2.18. The first kappa shape index (κ1) is 7.78. The summed E-state index contributed by atoms with van der Waals surface area (Å²) in [6.07, 6.45) is 0. The zero-order valence-electron chi connectivity index (χ0n) is 5.40. The Hall–Kier alpha value is -0.320. The van der Waals surface area contributed by atoms with Crippen molar-refractivity contribution in [2.45, 2.75) is 0 Å². The normalized spacial score (nSPS) is 9.50. The molecule has 0 bridgehead atoms. The Morgan fingerprint density at radius 1 is 1.50 bits per heavy atom. The van der Waals surface area contributed by atoms with Crippen LogP contribution in [-0.2, 0) is 0 Å². The topological polar surface area (TPSA) is 9.23 Å². The first-order valence-electron chi connectivity index (χ1n) is 2.73. The van der Waals surface area contributed by atoms with Gasteiger partial charge in [-0.1, -0.05) is 6.07 Å². The highest BCUT2D eigenvalue weighted by molar-refractivity contribution is 14.1. The fraction of sp³-hybridized carbons (Fsp3) is 0.143. The summed E-state index contributed by atoms with van der Waals surface area (Å²) < 4.78 is 18.1. The Labute approximate surface area is 72.3 Å². The van der Waals surface area contributed by atoms with Gasteiger partial charge in [0.25, 0.3) is 0 Å². The summed E-state index contributed by atoms with van der Waals surface area (Å²) in [7, 11) is 1.52. The van der Waals surface area contributed by atoms with Crippen LogP contribution >= 0.6 is 22.6 Å². The van der Waals surface area contributed by atoms with Gasteiger partial charge in [0.05, 0.1) is 10.7 Å². The SMILES string of the molecule is COc1cccc(F)c1I. The molecule has 0 radical (unpaired) electrons. The van der Waals surface area contributed by atoms with E-state index < -0.39 is 0 Å². The maximum atomic E-state index is 12.7. The molecule has 1 aromatic carbocycles. The second kappa shape index (κ2) is 3.18. The quantitative estimate of drug-likeness (QED) is 0.697. The number of hydrogen-bond acceptors (Lipinski definition) is 1. The smallest absolute Gasteiger partial charge is 0.140 e. The van der Waals surface area contributed by atoms with Gasteiger partial charge in [-0.3, -0.25) is 0 Å². The number of rotatable bonds is 1. The molecule has 3 heteroatoms. The molecule has 1 rings (SSSR count). The highest BCUT2D eigenvalue weighted by atomic mass is 127. The van der Waals surface area contributed by atoms with Crippen molar-refractivity contribution in [3.63, 3.8) is 0 Å². The molecule has 0 aromatic heterocycles. The molecule has 0 saturated heterocycles. The molecule has 0 saturated carbocycles. The van der Waals surface area contributed by atoms with Crippen molar-refractivity contribution >= 4 is 22.6 Å². The van der Waals surface area contributed by atoms with Gasteiger partial charge in [0, 0.05) is 0 Å². The van der Waals surface area contributed by atoms with Crippen LogP contribution in [0.2, 0.25) is 0 Å². The van der Waals surface area contributed by atoms with Crippen molar-refractivity contribution in [1.82, 2.24) is 0 Å². The molecule has 0 spiro atoms. The Morgan fingerprint density at radius 2 is 2.20 bits per heavy atom. The molecule has 0 heterocycles. The first-order chi connectivity index (χ1) is 4.75. The van der Waals surface area contributed by atoms with Crippen LogP contribution in [0.25, 0.3) is 0 Å². The molecule has 0 aliphatic rings. The maximum absolute atomic E-state index is 12.7. The minimum absolute atomic E-state index is 0.236. The van der Waals surface area contributed by atoms with Crippen molar-refractivity contribution in [2.24, 2.45) is 0 Å². The van der Waals surface area contributed by atoms with Gasteiger partial charge in [0.15, 0.2) is 0 Å². The molecule has 0 amide bonds. The second-order valence-electron chi connectivity index (χ2n) is 1.76. The summed E-state index contributed by atoms with van der Waals surface area (Å²) in [5, 5.41) is 0. The summed E-state index contributed by atoms with van der Waals surface area (Å²) in [4.78, 5) is 0. The molecule has 0 unspecified atom stereocenters. The third kappa shape index (κ3) is 1.39. The summed E-state index contributed by atoms with van der Waals surface area (Å²) >= 11 is 1.90. The third-order valence-electron chi connectivity index (χ3n) is 1.14. The molecule has 1 nitrogen and oxygen atoms in total. The van der Waals surface area contributed by atoms with E-state index in [1.807, 2.05) is 22.6 Å². The average molecular weight is 252 g/mol. The van der Waals surface area contributed by atoms with Gasteiger partial charge < -0.3 is 4.74 Å². The van der Waals surface area contributed by atoms with E-state index >= 15 is 0 Å². The lowest BCUT2D eigenvalue weighted by atomic mass is 10.3. The predicted molar refractivity (Wildman–Crippen MR) is 45.7 cm³/mol. The highest BCUT2D eigenvalue weighted by Crippen LogP contribution is 2.22. The van der Waals surface area contributed by atoms with Crippen LogP contribution < -0.4 is 4.74 Å². The molecule has 1 aromatic rings. The van der Waals surface area contributed by atoms with Crippen LogP contribution in [0.15, 0.2) is 18.2 Å². The molecular formula is C7H6FIO. The second-order valence-corrected chi connectivity index (χ2v) is 2.83. The van der Waals surface area contributed by atoms with Gasteiger partial charge in [0.1, 0.15) is 11.6 Å². The molecule has 54 valence electrons. The molecule has 0 aliphatic carbocycles. The van der Waals surface area contributed by atoms with Crippen molar-refractivity contribution < 1.29 is 9.13 Å². The summed E-state index contributed by atoms with van der Waals surface area (Å²) in [6, 6.07) is 4.76. The first-order valence-corrected chi connectivity index (χ1v) is 3.81. The van der Waals surface area contributed by atoms with Crippen LogP contribution in [0.4, 0.5) is 4.39 Å². The maximum Gasteiger partial charge on any atom is 0.140 e. The summed E-state index contributed by atoms with van der Waals surface area (Å²) in [6.45, 7) is 0. The van der Waals surface area contributed by atoms with Crippen LogP contribution in [0.1, 0.15) is 0 Å². The lowest BCUT2D eigenvalue weighted by molar-refractivity contribution is 0.407. The van der Waals surface area contributed by atoms with Crippen molar-refractivity contribution in [1.29, 1.82) is 0 Å². The fourth-order valence-electron chi connectivity index (χ4n) is 0.642. The number of benzene rings is 1. The van der Waals surface area contributed by atoms with Crippen molar-refractivity contribution in [2.75, 3.05) is 7.11 Å². The number of hydrogen-bond donors (Lipinski definition) is 0. The number of methoxy groups -OCH3 is 1. The van der Waals surface area contributed by atoms with E-state index in [1.54, 1.807) is 12.1 Å². The average Bonchev–Trinajstić information content (AvgIpc) is 1.95. The zero-order valence-corrected chi connectivity index (χ0v) is 7.55. The molecule has 10 heavy (non-hydrogen) atoms. The Balaban J connectivity index is 3.14. The van der Waals surface area contributed by atoms with Crippen molar-refractivity contribution in [3.05, 3.63) is 27.6 Å². The van der Waals surface area contributed by atoms with Gasteiger partial charge in [0.2, 0.25) is 0 Å². The lowest BCUT2D eigenvalue weighted by Crippen LogP contribution is -1.88. The predicted octanol–water partition coefficient (Wildman–Crippen LogP) is 2.44. The Bertz CT molecular complexity index is 237. The molecule has 0 fully saturated rings. The minimum Gasteiger partial charge on any atom is -0.496 e. The standard InChI is InChI=1S/C7H6FIO/c1-10-6-4-2-3-5(8)7(6)9/h2-4H,1H3. The number of halogens is 2. The largest absolute Gasteiger partial charge is 0.496 e. The Kier molecular flexibility index (Phi) is 2.48. The van der Waals surface area contributed by atoms with E-state index in [9.17, 15) is 4.39 Å². The monoisotopic (exact) mass is 252 g/mol. The summed E-state index contributed by atoms with van der Waals surface area (Å²) in [5.74, 6) is 0.348. The van der Waals surface area contributed by atoms with E-state index in [2.05, 4.69) is 0 Å². The van der Waals surface area contributed by atoms with Crippen LogP contribution in [-0.4, -0.2) is 7.11 Å². The van der Waals surface area contributed by atoms with Crippen LogP contribution in [0, 0.1) is 9.39 Å². The fourth-order valence-corrected chi connectivity index (χ4v) is 1.22. The van der Waals surface area contributed by atoms with E-state index in [1.165, 1.54) is 13.2 Å². The number of ether oxygens (including phenoxy) is 1. The highest BCUT2D eigenvalue weighted by Gasteiger charge is 2.02. The van der Waals surface area contributed by atoms with E-state index in [0.29, 0.717) is 9.32 Å². The summed E-state index contributed by atoms with van der Waals surface area (Å²) in [5.41, 5.74) is 0. The molecule has 0 aliphatic heterocycles. The molecular weight excluding hydrogens is 246 g/mol. The van der Waals surface area contributed by atoms with E-state index in [4.69, 9.17) is 4.74 Å². The van der Waals surface area contributed by atoms with Crippen molar-refractivity contribution in [3.8, 4) is 5.75 Å². The van der Waals surface area contributed by atoms with E-state index in [-0.39, 0.29) is 5.82 Å². The van der Waals surface area contributed by atoms with Crippen LogP contribution in [0.3, 0.4) is 0 Å². The lowest BCUT2D eigenvalue weighted by Gasteiger charge is -2.01. The van der Waals surface area contributed by atoms with Gasteiger partial charge in [-0.25, -0.2) is 4.39 Å².